The summed E-state index contributed by atoms with van der Waals surface area (Å²) in [6.45, 7) is 13.4. The number of carbonyl (C=O) groups excluding carboxylic acids is 1. The second-order valence-electron chi connectivity index (χ2n) is 5.62. The molecular formula is C14H30N2O. The number of nitrogens with one attached hydrogen (secondary N) is 1. The van der Waals surface area contributed by atoms with Gasteiger partial charge in [-0.25, -0.2) is 0 Å². The third kappa shape index (κ3) is 9.16. The lowest BCUT2D eigenvalue weighted by molar-refractivity contribution is -0.131. The molecule has 0 aromatic rings. The van der Waals surface area contributed by atoms with Gasteiger partial charge < -0.3 is 10.2 Å². The van der Waals surface area contributed by atoms with E-state index < -0.39 is 0 Å². The van der Waals surface area contributed by atoms with Gasteiger partial charge in [-0.3, -0.25) is 4.79 Å². The summed E-state index contributed by atoms with van der Waals surface area (Å²) in [5, 5.41) is 3.45. The van der Waals surface area contributed by atoms with Gasteiger partial charge in [-0.15, -0.1) is 0 Å². The Bertz CT molecular complexity index is 209. The largest absolute Gasteiger partial charge is 0.343 e. The Kier molecular flexibility index (Phi) is 8.23. The lowest BCUT2D eigenvalue weighted by Crippen LogP contribution is -2.39. The summed E-state index contributed by atoms with van der Waals surface area (Å²) in [5.74, 6) is 0.286. The van der Waals surface area contributed by atoms with Crippen LogP contribution in [0.5, 0.6) is 0 Å². The Balaban J connectivity index is 3.87. The second kappa shape index (κ2) is 8.51. The number of nitrogens with zero attached hydrogens (tertiary/aromatic N) is 1. The average Bonchev–Trinajstić information content (AvgIpc) is 2.25. The standard InChI is InChI=1S/C14H30N2O/c1-6-8-11-16(13(17)7-2)12-9-10-15-14(3,4)5/h15H,6-12H2,1-5H3. The molecule has 0 saturated carbocycles. The molecule has 3 nitrogen and oxygen atoms in total. The maximum absolute atomic E-state index is 11.7. The molecule has 102 valence electrons. The molecule has 0 radical (unpaired) electrons. The zero-order valence-corrected chi connectivity index (χ0v) is 12.3. The van der Waals surface area contributed by atoms with Crippen molar-refractivity contribution >= 4 is 5.91 Å². The van der Waals surface area contributed by atoms with Crippen molar-refractivity contribution in [1.82, 2.24) is 10.2 Å². The van der Waals surface area contributed by atoms with Crippen LogP contribution in [-0.2, 0) is 4.79 Å². The van der Waals surface area contributed by atoms with E-state index in [-0.39, 0.29) is 11.4 Å². The minimum absolute atomic E-state index is 0.170. The first-order valence-electron chi connectivity index (χ1n) is 6.93. The van der Waals surface area contributed by atoms with Crippen LogP contribution in [0.3, 0.4) is 0 Å². The summed E-state index contributed by atoms with van der Waals surface area (Å²) >= 11 is 0. The number of unbranched alkanes of at least 4 members (excludes halogenated alkanes) is 1. The number of hydrogen-bond donors (Lipinski definition) is 1. The zero-order chi connectivity index (χ0) is 13.3. The fourth-order valence-electron chi connectivity index (χ4n) is 1.67. The summed E-state index contributed by atoms with van der Waals surface area (Å²) in [5.41, 5.74) is 0.170. The Morgan fingerprint density at radius 3 is 2.18 bits per heavy atom. The van der Waals surface area contributed by atoms with Crippen LogP contribution in [-0.4, -0.2) is 36.0 Å². The molecule has 0 fully saturated rings. The maximum Gasteiger partial charge on any atom is 0.222 e. The first kappa shape index (κ1) is 16.4. The van der Waals surface area contributed by atoms with Crippen LogP contribution < -0.4 is 5.32 Å². The predicted octanol–water partition coefficient (Wildman–Crippen LogP) is 2.80. The molecule has 1 amide bonds. The van der Waals surface area contributed by atoms with E-state index in [4.69, 9.17) is 0 Å². The third-order valence-electron chi connectivity index (χ3n) is 2.70. The maximum atomic E-state index is 11.7. The van der Waals surface area contributed by atoms with E-state index in [2.05, 4.69) is 33.0 Å². The highest BCUT2D eigenvalue weighted by molar-refractivity contribution is 5.75. The number of amides is 1. The third-order valence-corrected chi connectivity index (χ3v) is 2.70. The van der Waals surface area contributed by atoms with Crippen molar-refractivity contribution in [3.63, 3.8) is 0 Å². The van der Waals surface area contributed by atoms with Crippen molar-refractivity contribution in [3.8, 4) is 0 Å². The summed E-state index contributed by atoms with van der Waals surface area (Å²) < 4.78 is 0. The van der Waals surface area contributed by atoms with Gasteiger partial charge in [0.05, 0.1) is 0 Å². The van der Waals surface area contributed by atoms with Gasteiger partial charge in [0.1, 0.15) is 0 Å². The van der Waals surface area contributed by atoms with E-state index in [9.17, 15) is 4.79 Å². The van der Waals surface area contributed by atoms with Crippen LogP contribution in [0, 0.1) is 0 Å². The SMILES string of the molecule is CCCCN(CCCNC(C)(C)C)C(=O)CC. The number of carbonyl (C=O) groups is 1. The highest BCUT2D eigenvalue weighted by Crippen LogP contribution is 2.02. The summed E-state index contributed by atoms with van der Waals surface area (Å²) in [7, 11) is 0. The lowest BCUT2D eigenvalue weighted by atomic mass is 10.1. The van der Waals surface area contributed by atoms with E-state index >= 15 is 0 Å². The van der Waals surface area contributed by atoms with Crippen molar-refractivity contribution in [1.29, 1.82) is 0 Å². The van der Waals surface area contributed by atoms with Gasteiger partial charge in [-0.05, 0) is 40.2 Å². The molecule has 0 rings (SSSR count). The fourth-order valence-corrected chi connectivity index (χ4v) is 1.67. The Labute approximate surface area is 107 Å². The number of rotatable bonds is 8. The quantitative estimate of drug-likeness (QED) is 0.664. The molecular weight excluding hydrogens is 212 g/mol. The molecule has 0 atom stereocenters. The Morgan fingerprint density at radius 1 is 1.12 bits per heavy atom. The van der Waals surface area contributed by atoms with Crippen LogP contribution in [0.15, 0.2) is 0 Å². The van der Waals surface area contributed by atoms with E-state index in [1.165, 1.54) is 0 Å². The molecule has 1 N–H and O–H groups in total. The van der Waals surface area contributed by atoms with E-state index in [0.717, 1.165) is 38.9 Å². The first-order valence-corrected chi connectivity index (χ1v) is 6.93. The van der Waals surface area contributed by atoms with Gasteiger partial charge in [-0.2, -0.15) is 0 Å². The zero-order valence-electron chi connectivity index (χ0n) is 12.3. The summed E-state index contributed by atoms with van der Waals surface area (Å²) in [6.07, 6.45) is 3.91. The van der Waals surface area contributed by atoms with Crippen LogP contribution in [0.4, 0.5) is 0 Å². The van der Waals surface area contributed by atoms with E-state index in [1.54, 1.807) is 0 Å². The molecule has 0 aliphatic rings. The topological polar surface area (TPSA) is 32.3 Å². The Morgan fingerprint density at radius 2 is 1.71 bits per heavy atom. The van der Waals surface area contributed by atoms with Crippen molar-refractivity contribution in [3.05, 3.63) is 0 Å². The minimum atomic E-state index is 0.170. The van der Waals surface area contributed by atoms with Gasteiger partial charge >= 0.3 is 0 Å². The first-order chi connectivity index (χ1) is 7.90. The molecule has 0 aromatic heterocycles. The Hall–Kier alpha value is -0.570. The average molecular weight is 242 g/mol. The molecule has 3 heteroatoms. The molecule has 0 bridgehead atoms. The highest BCUT2D eigenvalue weighted by Gasteiger charge is 2.11. The molecule has 0 unspecified atom stereocenters. The predicted molar refractivity (Wildman–Crippen MR) is 74.2 cm³/mol. The van der Waals surface area contributed by atoms with Gasteiger partial charge in [-0.1, -0.05) is 20.3 Å². The van der Waals surface area contributed by atoms with Crippen molar-refractivity contribution < 1.29 is 4.79 Å². The molecule has 0 saturated heterocycles. The summed E-state index contributed by atoms with van der Waals surface area (Å²) in [6, 6.07) is 0. The molecule has 0 aliphatic heterocycles. The van der Waals surface area contributed by atoms with Crippen molar-refractivity contribution in [2.75, 3.05) is 19.6 Å². The fraction of sp³-hybridized carbons (Fsp3) is 0.929. The van der Waals surface area contributed by atoms with Gasteiger partial charge in [0, 0.05) is 25.0 Å². The molecule has 0 spiro atoms. The monoisotopic (exact) mass is 242 g/mol. The van der Waals surface area contributed by atoms with Crippen LogP contribution in [0.2, 0.25) is 0 Å². The molecule has 0 aliphatic carbocycles. The number of hydrogen-bond acceptors (Lipinski definition) is 2. The molecule has 0 heterocycles. The highest BCUT2D eigenvalue weighted by atomic mass is 16.2. The van der Waals surface area contributed by atoms with Crippen molar-refractivity contribution in [2.45, 2.75) is 65.8 Å². The lowest BCUT2D eigenvalue weighted by Gasteiger charge is -2.24. The van der Waals surface area contributed by atoms with E-state index in [0.29, 0.717) is 6.42 Å². The molecule has 17 heavy (non-hydrogen) atoms. The van der Waals surface area contributed by atoms with Crippen molar-refractivity contribution in [2.24, 2.45) is 0 Å². The smallest absolute Gasteiger partial charge is 0.222 e. The summed E-state index contributed by atoms with van der Waals surface area (Å²) in [4.78, 5) is 13.7. The van der Waals surface area contributed by atoms with E-state index in [1.807, 2.05) is 11.8 Å². The minimum Gasteiger partial charge on any atom is -0.343 e. The van der Waals surface area contributed by atoms with Gasteiger partial charge in [0.15, 0.2) is 0 Å². The molecule has 0 aromatic carbocycles. The van der Waals surface area contributed by atoms with Crippen LogP contribution >= 0.6 is 0 Å². The second-order valence-corrected chi connectivity index (χ2v) is 5.62. The normalized spacial score (nSPS) is 11.6. The van der Waals surface area contributed by atoms with Gasteiger partial charge in [0.2, 0.25) is 5.91 Å². The van der Waals surface area contributed by atoms with Gasteiger partial charge in [0.25, 0.3) is 0 Å². The van der Waals surface area contributed by atoms with Crippen LogP contribution in [0.25, 0.3) is 0 Å². The van der Waals surface area contributed by atoms with Crippen LogP contribution in [0.1, 0.15) is 60.3 Å².